The predicted octanol–water partition coefficient (Wildman–Crippen LogP) is 2.55. The van der Waals surface area contributed by atoms with Crippen LogP contribution >= 0.6 is 0 Å². The maximum Gasteiger partial charge on any atom is 0.189 e. The van der Waals surface area contributed by atoms with Gasteiger partial charge in [0.25, 0.3) is 0 Å². The van der Waals surface area contributed by atoms with E-state index in [-0.39, 0.29) is 5.78 Å². The number of nitrogens with zero attached hydrogens (tertiary/aromatic N) is 2. The quantitative estimate of drug-likeness (QED) is 0.716. The van der Waals surface area contributed by atoms with Crippen molar-refractivity contribution in [2.75, 3.05) is 0 Å². The molecule has 0 saturated carbocycles. The van der Waals surface area contributed by atoms with Crippen molar-refractivity contribution in [3.05, 3.63) is 58.4 Å². The van der Waals surface area contributed by atoms with Crippen LogP contribution in [0.2, 0.25) is 0 Å². The molecule has 0 N–H and O–H groups in total. The number of carbonyl (C=O) groups excluding carboxylic acids is 1. The number of hydrogen-bond donors (Lipinski definition) is 0. The van der Waals surface area contributed by atoms with Crippen LogP contribution in [0, 0.1) is 6.92 Å². The fourth-order valence-electron chi connectivity index (χ4n) is 2.32. The SMILES string of the molecule is Cc1c(/C=C2\Cc3ccccc3C2=O)cnn1C. The molecule has 0 atom stereocenters. The molecule has 0 unspecified atom stereocenters. The number of carbonyl (C=O) groups is 1. The van der Waals surface area contributed by atoms with E-state index < -0.39 is 0 Å². The number of fused-ring (bicyclic) bond motifs is 1. The van der Waals surface area contributed by atoms with Gasteiger partial charge in [0.05, 0.1) is 6.20 Å². The summed E-state index contributed by atoms with van der Waals surface area (Å²) in [6.07, 6.45) is 4.49. The molecule has 1 aliphatic rings. The number of hydrogen-bond acceptors (Lipinski definition) is 2. The average molecular weight is 238 g/mol. The van der Waals surface area contributed by atoms with E-state index in [2.05, 4.69) is 5.10 Å². The molecule has 0 amide bonds. The van der Waals surface area contributed by atoms with Crippen LogP contribution in [-0.2, 0) is 13.5 Å². The van der Waals surface area contributed by atoms with Gasteiger partial charge in [-0.3, -0.25) is 9.48 Å². The van der Waals surface area contributed by atoms with Gasteiger partial charge >= 0.3 is 0 Å². The summed E-state index contributed by atoms with van der Waals surface area (Å²) in [5, 5.41) is 4.19. The standard InChI is InChI=1S/C15H14N2O/c1-10-13(9-16-17(10)2)8-12-7-11-5-3-4-6-14(11)15(12)18/h3-6,8-9H,7H2,1-2H3/b12-8+. The zero-order valence-electron chi connectivity index (χ0n) is 10.5. The highest BCUT2D eigenvalue weighted by atomic mass is 16.1. The van der Waals surface area contributed by atoms with Crippen molar-refractivity contribution in [3.8, 4) is 0 Å². The topological polar surface area (TPSA) is 34.9 Å². The van der Waals surface area contributed by atoms with E-state index in [9.17, 15) is 4.79 Å². The normalized spacial score (nSPS) is 16.3. The van der Waals surface area contributed by atoms with Crippen LogP contribution in [0.1, 0.15) is 27.2 Å². The van der Waals surface area contributed by atoms with E-state index in [0.29, 0.717) is 0 Å². The van der Waals surface area contributed by atoms with Crippen molar-refractivity contribution < 1.29 is 4.79 Å². The minimum absolute atomic E-state index is 0.147. The fourth-order valence-corrected chi connectivity index (χ4v) is 2.32. The molecule has 1 heterocycles. The lowest BCUT2D eigenvalue weighted by Gasteiger charge is -1.96. The van der Waals surface area contributed by atoms with Crippen LogP contribution in [0.25, 0.3) is 6.08 Å². The Hall–Kier alpha value is -2.16. The predicted molar refractivity (Wildman–Crippen MR) is 70.4 cm³/mol. The van der Waals surface area contributed by atoms with E-state index in [1.54, 1.807) is 6.20 Å². The zero-order chi connectivity index (χ0) is 12.7. The van der Waals surface area contributed by atoms with Crippen LogP contribution in [0.3, 0.4) is 0 Å². The smallest absolute Gasteiger partial charge is 0.189 e. The first kappa shape index (κ1) is 11.0. The average Bonchev–Trinajstić information content (AvgIpc) is 2.86. The lowest BCUT2D eigenvalue weighted by atomic mass is 10.1. The molecule has 1 aliphatic carbocycles. The third-order valence-electron chi connectivity index (χ3n) is 3.54. The Kier molecular flexibility index (Phi) is 2.40. The molecule has 0 fully saturated rings. The molecule has 18 heavy (non-hydrogen) atoms. The lowest BCUT2D eigenvalue weighted by Crippen LogP contribution is -1.96. The summed E-state index contributed by atoms with van der Waals surface area (Å²) in [4.78, 5) is 12.2. The highest BCUT2D eigenvalue weighted by molar-refractivity contribution is 6.15. The Balaban J connectivity index is 2.02. The van der Waals surface area contributed by atoms with Gasteiger partial charge in [-0.2, -0.15) is 5.10 Å². The molecule has 1 aromatic heterocycles. The number of ketones is 1. The van der Waals surface area contributed by atoms with Crippen LogP contribution in [-0.4, -0.2) is 15.6 Å². The summed E-state index contributed by atoms with van der Waals surface area (Å²) in [5.41, 5.74) is 4.91. The van der Waals surface area contributed by atoms with Gasteiger partial charge in [0.15, 0.2) is 5.78 Å². The molecule has 3 rings (SSSR count). The maximum absolute atomic E-state index is 12.2. The van der Waals surface area contributed by atoms with Crippen molar-refractivity contribution >= 4 is 11.9 Å². The van der Waals surface area contributed by atoms with Crippen molar-refractivity contribution in [2.24, 2.45) is 7.05 Å². The van der Waals surface area contributed by atoms with Crippen molar-refractivity contribution in [1.29, 1.82) is 0 Å². The third kappa shape index (κ3) is 1.59. The van der Waals surface area contributed by atoms with Gasteiger partial charge in [-0.25, -0.2) is 0 Å². The molecule has 3 heteroatoms. The van der Waals surface area contributed by atoms with Crippen molar-refractivity contribution in [3.63, 3.8) is 0 Å². The van der Waals surface area contributed by atoms with Crippen LogP contribution < -0.4 is 0 Å². The van der Waals surface area contributed by atoms with E-state index in [4.69, 9.17) is 0 Å². The van der Waals surface area contributed by atoms with Crippen molar-refractivity contribution in [1.82, 2.24) is 9.78 Å². The number of rotatable bonds is 1. The second-order valence-electron chi connectivity index (χ2n) is 4.64. The van der Waals surface area contributed by atoms with E-state index in [0.717, 1.165) is 34.4 Å². The molecular weight excluding hydrogens is 224 g/mol. The molecule has 0 radical (unpaired) electrons. The van der Waals surface area contributed by atoms with Gasteiger partial charge in [-0.15, -0.1) is 0 Å². The van der Waals surface area contributed by atoms with Gasteiger partial charge in [0, 0.05) is 35.9 Å². The Morgan fingerprint density at radius 1 is 1.33 bits per heavy atom. The Morgan fingerprint density at radius 3 is 2.78 bits per heavy atom. The number of Topliss-reactive ketones (excluding diaryl/α,β-unsaturated/α-hetero) is 1. The van der Waals surface area contributed by atoms with Crippen molar-refractivity contribution in [2.45, 2.75) is 13.3 Å². The molecule has 0 aliphatic heterocycles. The number of aromatic nitrogens is 2. The molecule has 1 aromatic carbocycles. The second-order valence-corrected chi connectivity index (χ2v) is 4.64. The Labute approximate surface area is 106 Å². The van der Waals surface area contributed by atoms with Gasteiger partial charge in [0.2, 0.25) is 0 Å². The van der Waals surface area contributed by atoms with Gasteiger partial charge in [0.1, 0.15) is 0 Å². The highest BCUT2D eigenvalue weighted by Gasteiger charge is 2.24. The summed E-state index contributed by atoms with van der Waals surface area (Å²) in [7, 11) is 1.91. The first-order chi connectivity index (χ1) is 8.66. The summed E-state index contributed by atoms with van der Waals surface area (Å²) in [5.74, 6) is 0.147. The largest absolute Gasteiger partial charge is 0.289 e. The molecular formula is C15H14N2O. The third-order valence-corrected chi connectivity index (χ3v) is 3.54. The fraction of sp³-hybridized carbons (Fsp3) is 0.200. The Morgan fingerprint density at radius 2 is 2.11 bits per heavy atom. The van der Waals surface area contributed by atoms with Crippen LogP contribution in [0.4, 0.5) is 0 Å². The summed E-state index contributed by atoms with van der Waals surface area (Å²) < 4.78 is 1.82. The van der Waals surface area contributed by atoms with Crippen LogP contribution in [0.5, 0.6) is 0 Å². The number of aryl methyl sites for hydroxylation is 1. The van der Waals surface area contributed by atoms with E-state index in [1.165, 1.54) is 0 Å². The molecule has 2 aromatic rings. The molecule has 90 valence electrons. The van der Waals surface area contributed by atoms with Gasteiger partial charge < -0.3 is 0 Å². The second kappa shape index (κ2) is 3.95. The van der Waals surface area contributed by atoms with E-state index in [1.807, 2.05) is 49.0 Å². The first-order valence-electron chi connectivity index (χ1n) is 5.98. The number of allylic oxidation sites excluding steroid dienone is 1. The van der Waals surface area contributed by atoms with Gasteiger partial charge in [-0.1, -0.05) is 24.3 Å². The van der Waals surface area contributed by atoms with E-state index >= 15 is 0 Å². The molecule has 3 nitrogen and oxygen atoms in total. The monoisotopic (exact) mass is 238 g/mol. The maximum atomic E-state index is 12.2. The summed E-state index contributed by atoms with van der Waals surface area (Å²) in [6.45, 7) is 2.01. The highest BCUT2D eigenvalue weighted by Crippen LogP contribution is 2.27. The number of benzene rings is 1. The van der Waals surface area contributed by atoms with Crippen LogP contribution in [0.15, 0.2) is 36.0 Å². The first-order valence-corrected chi connectivity index (χ1v) is 5.98. The Bertz CT molecular complexity index is 665. The molecule has 0 saturated heterocycles. The molecule has 0 spiro atoms. The zero-order valence-corrected chi connectivity index (χ0v) is 10.5. The lowest BCUT2D eigenvalue weighted by molar-refractivity contribution is 0.104. The summed E-state index contributed by atoms with van der Waals surface area (Å²) in [6, 6.07) is 7.80. The minimum Gasteiger partial charge on any atom is -0.289 e. The minimum atomic E-state index is 0.147. The molecule has 0 bridgehead atoms. The van der Waals surface area contributed by atoms with Gasteiger partial charge in [-0.05, 0) is 18.6 Å². The summed E-state index contributed by atoms with van der Waals surface area (Å²) >= 11 is 0.